The zero-order valence-electron chi connectivity index (χ0n) is 18.7. The minimum Gasteiger partial charge on any atom is -0.485 e. The molecule has 0 fully saturated rings. The molecule has 0 spiro atoms. The van der Waals surface area contributed by atoms with E-state index in [1.54, 1.807) is 0 Å². The maximum Gasteiger partial charge on any atom is 0.251 e. The quantitative estimate of drug-likeness (QED) is 0.588. The molecule has 0 bridgehead atoms. The molecule has 5 nitrogen and oxygen atoms in total. The molecular weight excluding hydrogens is 376 g/mol. The van der Waals surface area contributed by atoms with Crippen LogP contribution in [0.1, 0.15) is 55.6 Å². The Labute approximate surface area is 180 Å². The minimum absolute atomic E-state index is 0.0291. The van der Waals surface area contributed by atoms with E-state index in [-0.39, 0.29) is 11.5 Å². The second kappa shape index (κ2) is 9.98. The van der Waals surface area contributed by atoms with Crippen LogP contribution in [-0.2, 0) is 13.0 Å². The number of hydrogen-bond donors (Lipinski definition) is 1. The largest absolute Gasteiger partial charge is 0.485 e. The number of para-hydroxylation sites is 1. The lowest BCUT2D eigenvalue weighted by molar-refractivity contribution is 0.0951. The van der Waals surface area contributed by atoms with Crippen molar-refractivity contribution in [3.63, 3.8) is 0 Å². The molecule has 0 atom stereocenters. The summed E-state index contributed by atoms with van der Waals surface area (Å²) in [4.78, 5) is 14.7. The smallest absolute Gasteiger partial charge is 0.251 e. The monoisotopic (exact) mass is 410 g/mol. The number of rotatable bonds is 10. The lowest BCUT2D eigenvalue weighted by Crippen LogP contribution is -2.29. The van der Waals surface area contributed by atoms with Gasteiger partial charge in [-0.1, -0.05) is 38.1 Å². The molecule has 0 unspecified atom stereocenters. The molecule has 0 saturated heterocycles. The highest BCUT2D eigenvalue weighted by Gasteiger charge is 2.32. The van der Waals surface area contributed by atoms with Gasteiger partial charge in [0.05, 0.1) is 0 Å². The van der Waals surface area contributed by atoms with Crippen LogP contribution in [0.25, 0.3) is 0 Å². The number of hydrogen-bond acceptors (Lipinski definition) is 4. The number of nitrogens with zero attached hydrogens (tertiary/aromatic N) is 1. The summed E-state index contributed by atoms with van der Waals surface area (Å²) in [5.41, 5.74) is 2.68. The number of carbonyl (C=O) groups excluding carboxylic acids is 1. The predicted molar refractivity (Wildman–Crippen MR) is 120 cm³/mol. The maximum absolute atomic E-state index is 12.3. The molecule has 5 heteroatoms. The highest BCUT2D eigenvalue weighted by molar-refractivity contribution is 5.94. The molecule has 1 aliphatic rings. The molecule has 1 amide bonds. The summed E-state index contributed by atoms with van der Waals surface area (Å²) in [6.07, 6.45) is 1.85. The van der Waals surface area contributed by atoms with E-state index < -0.39 is 0 Å². The van der Waals surface area contributed by atoms with E-state index in [0.717, 1.165) is 49.5 Å². The normalized spacial score (nSPS) is 14.3. The van der Waals surface area contributed by atoms with Gasteiger partial charge in [-0.3, -0.25) is 4.79 Å². The van der Waals surface area contributed by atoms with Gasteiger partial charge in [-0.25, -0.2) is 0 Å². The summed E-state index contributed by atoms with van der Waals surface area (Å²) in [5, 5.41) is 3.00. The Balaban J connectivity index is 1.49. The van der Waals surface area contributed by atoms with Gasteiger partial charge < -0.3 is 19.7 Å². The average Bonchev–Trinajstić information content (AvgIpc) is 3.07. The van der Waals surface area contributed by atoms with E-state index in [2.05, 4.69) is 44.0 Å². The molecule has 0 saturated carbocycles. The van der Waals surface area contributed by atoms with E-state index in [1.165, 1.54) is 5.56 Å². The lowest BCUT2D eigenvalue weighted by Gasteiger charge is -2.18. The summed E-state index contributed by atoms with van der Waals surface area (Å²) >= 11 is 0. The van der Waals surface area contributed by atoms with E-state index in [9.17, 15) is 4.79 Å². The molecular formula is C25H34N2O3. The molecule has 0 aromatic heterocycles. The maximum atomic E-state index is 12.3. The fourth-order valence-corrected chi connectivity index (χ4v) is 3.76. The molecule has 0 aliphatic carbocycles. The zero-order chi connectivity index (χ0) is 21.6. The Hall–Kier alpha value is -2.53. The van der Waals surface area contributed by atoms with Crippen molar-refractivity contribution in [2.24, 2.45) is 0 Å². The molecule has 2 aromatic rings. The first-order valence-electron chi connectivity index (χ1n) is 10.9. The third kappa shape index (κ3) is 5.76. The summed E-state index contributed by atoms with van der Waals surface area (Å²) < 4.78 is 12.1. The zero-order valence-corrected chi connectivity index (χ0v) is 18.7. The second-order valence-electron chi connectivity index (χ2n) is 8.40. The van der Waals surface area contributed by atoms with E-state index in [0.29, 0.717) is 18.7 Å². The fourth-order valence-electron chi connectivity index (χ4n) is 3.76. The third-order valence-electron chi connectivity index (χ3n) is 5.50. The van der Waals surface area contributed by atoms with Gasteiger partial charge in [-0.15, -0.1) is 0 Å². The van der Waals surface area contributed by atoms with Gasteiger partial charge >= 0.3 is 0 Å². The summed E-state index contributed by atoms with van der Waals surface area (Å²) in [5.74, 6) is 1.59. The van der Waals surface area contributed by atoms with Crippen LogP contribution >= 0.6 is 0 Å². The molecule has 1 aliphatic heterocycles. The topological polar surface area (TPSA) is 50.8 Å². The van der Waals surface area contributed by atoms with Gasteiger partial charge in [-0.05, 0) is 63.7 Å². The number of amides is 1. The van der Waals surface area contributed by atoms with Crippen LogP contribution in [0.2, 0.25) is 0 Å². The minimum atomic E-state index is -0.192. The van der Waals surface area contributed by atoms with Crippen LogP contribution in [0.15, 0.2) is 42.5 Å². The Bertz CT molecular complexity index is 842. The lowest BCUT2D eigenvalue weighted by atomic mass is 10.0. The summed E-state index contributed by atoms with van der Waals surface area (Å²) in [7, 11) is 0. The van der Waals surface area contributed by atoms with Crippen molar-refractivity contribution < 1.29 is 14.3 Å². The highest BCUT2D eigenvalue weighted by atomic mass is 16.5. The Kier molecular flexibility index (Phi) is 7.38. The average molecular weight is 411 g/mol. The van der Waals surface area contributed by atoms with Gasteiger partial charge in [0.2, 0.25) is 0 Å². The SMILES string of the molecule is CCN(CC)CCCNC(=O)c1ccc(COc2cccc3c2OC(C)(C)C3)cc1. The molecule has 2 aromatic carbocycles. The van der Waals surface area contributed by atoms with Crippen molar-refractivity contribution in [1.82, 2.24) is 10.2 Å². The van der Waals surface area contributed by atoms with Gasteiger partial charge in [0.15, 0.2) is 11.5 Å². The van der Waals surface area contributed by atoms with Crippen molar-refractivity contribution in [2.45, 2.75) is 52.7 Å². The number of nitrogens with one attached hydrogen (secondary N) is 1. The number of ether oxygens (including phenoxy) is 2. The molecule has 3 rings (SSSR count). The first-order valence-corrected chi connectivity index (χ1v) is 10.9. The fraction of sp³-hybridized carbons (Fsp3) is 0.480. The summed E-state index contributed by atoms with van der Waals surface area (Å²) in [6.45, 7) is 12.7. The van der Waals surface area contributed by atoms with Crippen LogP contribution in [-0.4, -0.2) is 42.6 Å². The van der Waals surface area contributed by atoms with E-state index in [4.69, 9.17) is 9.47 Å². The van der Waals surface area contributed by atoms with Crippen LogP contribution in [0.5, 0.6) is 11.5 Å². The Morgan fingerprint density at radius 1 is 1.13 bits per heavy atom. The molecule has 0 radical (unpaired) electrons. The highest BCUT2D eigenvalue weighted by Crippen LogP contribution is 2.41. The van der Waals surface area contributed by atoms with Crippen LogP contribution in [0.4, 0.5) is 0 Å². The Morgan fingerprint density at radius 2 is 1.87 bits per heavy atom. The van der Waals surface area contributed by atoms with Crippen LogP contribution in [0.3, 0.4) is 0 Å². The van der Waals surface area contributed by atoms with Crippen LogP contribution < -0.4 is 14.8 Å². The molecule has 1 N–H and O–H groups in total. The third-order valence-corrected chi connectivity index (χ3v) is 5.50. The second-order valence-corrected chi connectivity index (χ2v) is 8.40. The van der Waals surface area contributed by atoms with E-state index in [1.807, 2.05) is 36.4 Å². The van der Waals surface area contributed by atoms with Crippen molar-refractivity contribution in [3.05, 3.63) is 59.2 Å². The standard InChI is InChI=1S/C25H34N2O3/c1-5-27(6-2)16-8-15-26-24(28)20-13-11-19(12-14-20)18-29-22-10-7-9-21-17-25(3,4)30-23(21)22/h7,9-14H,5-6,8,15-18H2,1-4H3,(H,26,28). The van der Waals surface area contributed by atoms with Gasteiger partial charge in [0, 0.05) is 24.1 Å². The first-order chi connectivity index (χ1) is 14.4. The molecule has 162 valence electrons. The number of fused-ring (bicyclic) bond motifs is 1. The van der Waals surface area contributed by atoms with Crippen LogP contribution in [0, 0.1) is 0 Å². The first kappa shape index (κ1) is 22.2. The van der Waals surface area contributed by atoms with Gasteiger partial charge in [0.1, 0.15) is 12.2 Å². The molecule has 1 heterocycles. The van der Waals surface area contributed by atoms with Crippen molar-refractivity contribution in [3.8, 4) is 11.5 Å². The van der Waals surface area contributed by atoms with E-state index >= 15 is 0 Å². The van der Waals surface area contributed by atoms with Crippen molar-refractivity contribution in [2.75, 3.05) is 26.2 Å². The van der Waals surface area contributed by atoms with Crippen molar-refractivity contribution >= 4 is 5.91 Å². The van der Waals surface area contributed by atoms with Gasteiger partial charge in [0.25, 0.3) is 5.91 Å². The number of carbonyl (C=O) groups is 1. The van der Waals surface area contributed by atoms with Crippen molar-refractivity contribution in [1.29, 1.82) is 0 Å². The van der Waals surface area contributed by atoms with Gasteiger partial charge in [-0.2, -0.15) is 0 Å². The predicted octanol–water partition coefficient (Wildman–Crippen LogP) is 4.44. The molecule has 30 heavy (non-hydrogen) atoms. The summed E-state index contributed by atoms with van der Waals surface area (Å²) in [6, 6.07) is 13.6. The Morgan fingerprint density at radius 3 is 2.57 bits per heavy atom. The number of benzene rings is 2.